The lowest BCUT2D eigenvalue weighted by atomic mass is 10.0. The Morgan fingerprint density at radius 2 is 1.86 bits per heavy atom. The summed E-state index contributed by atoms with van der Waals surface area (Å²) in [6, 6.07) is 10.4. The number of aromatic hydroxyl groups is 1. The van der Waals surface area contributed by atoms with Gasteiger partial charge in [-0.05, 0) is 56.4 Å². The first-order valence-corrected chi connectivity index (χ1v) is 9.76. The minimum absolute atomic E-state index is 0.163. The molecule has 2 bridgehead atoms. The lowest BCUT2D eigenvalue weighted by Crippen LogP contribution is -2.42. The molecular formula is C21H23N5O2. The number of benzene rings is 1. The number of rotatable bonds is 4. The Labute approximate surface area is 163 Å². The number of phenolic OH excluding ortho intramolecular Hbond substituents is 1. The lowest BCUT2D eigenvalue weighted by molar-refractivity contribution is 0.130. The van der Waals surface area contributed by atoms with Crippen molar-refractivity contribution >= 4 is 0 Å². The second-order valence-electron chi connectivity index (χ2n) is 7.72. The number of nitrogens with one attached hydrogen (secondary N) is 2. The number of hydrogen-bond acceptors (Lipinski definition) is 6. The van der Waals surface area contributed by atoms with Crippen LogP contribution >= 0.6 is 0 Å². The Balaban J connectivity index is 1.32. The summed E-state index contributed by atoms with van der Waals surface area (Å²) >= 11 is 0. The second-order valence-corrected chi connectivity index (χ2v) is 7.72. The van der Waals surface area contributed by atoms with Crippen LogP contribution in [0.1, 0.15) is 31.4 Å². The van der Waals surface area contributed by atoms with Crippen LogP contribution in [0, 0.1) is 6.92 Å². The van der Waals surface area contributed by atoms with Crippen LogP contribution in [-0.4, -0.2) is 43.7 Å². The Kier molecular flexibility index (Phi) is 4.24. The zero-order valence-electron chi connectivity index (χ0n) is 15.7. The molecule has 7 nitrogen and oxygen atoms in total. The molecule has 2 aliphatic rings. The molecule has 3 aromatic rings. The smallest absolute Gasteiger partial charge is 0.233 e. The number of aromatic amines is 1. The van der Waals surface area contributed by atoms with Gasteiger partial charge >= 0.3 is 0 Å². The van der Waals surface area contributed by atoms with Crippen LogP contribution < -0.4 is 10.1 Å². The van der Waals surface area contributed by atoms with Crippen LogP contribution in [-0.2, 0) is 0 Å². The van der Waals surface area contributed by atoms with E-state index < -0.39 is 0 Å². The van der Waals surface area contributed by atoms with E-state index in [-0.39, 0.29) is 11.9 Å². The van der Waals surface area contributed by atoms with E-state index in [1.807, 2.05) is 37.4 Å². The maximum absolute atomic E-state index is 10.5. The molecule has 28 heavy (non-hydrogen) atoms. The maximum Gasteiger partial charge on any atom is 0.233 e. The van der Waals surface area contributed by atoms with Gasteiger partial charge in [-0.15, -0.1) is 10.2 Å². The normalized spacial score (nSPS) is 23.7. The number of H-pyrrole nitrogens is 1. The van der Waals surface area contributed by atoms with Gasteiger partial charge in [-0.25, -0.2) is 0 Å². The largest absolute Gasteiger partial charge is 0.507 e. The standard InChI is InChI=1S/C21H23N5O2/c1-12-18(11-22-24-12)13-2-5-17(20(27)8-13)19-6-7-21(26-25-19)28-16-9-14-3-4-15(10-16)23-14/h2,5-8,11,14-16,23,27H,3-4,9-10H2,1H3,(H,22,24)/t14-,15+,16-. The van der Waals surface area contributed by atoms with Crippen molar-refractivity contribution in [3.8, 4) is 34.0 Å². The molecule has 2 fully saturated rings. The van der Waals surface area contributed by atoms with E-state index in [0.717, 1.165) is 29.7 Å². The molecule has 3 N–H and O–H groups in total. The summed E-state index contributed by atoms with van der Waals surface area (Å²) in [6.45, 7) is 1.93. The van der Waals surface area contributed by atoms with Crippen molar-refractivity contribution in [1.82, 2.24) is 25.7 Å². The van der Waals surface area contributed by atoms with E-state index in [0.29, 0.717) is 29.2 Å². The van der Waals surface area contributed by atoms with E-state index in [1.165, 1.54) is 12.8 Å². The van der Waals surface area contributed by atoms with Crippen LogP contribution in [0.4, 0.5) is 0 Å². The molecule has 2 aliphatic heterocycles. The fraction of sp³-hybridized carbons (Fsp3) is 0.381. The topological polar surface area (TPSA) is 96.0 Å². The first-order valence-electron chi connectivity index (χ1n) is 9.76. The summed E-state index contributed by atoms with van der Waals surface area (Å²) in [6.07, 6.45) is 6.55. The van der Waals surface area contributed by atoms with Gasteiger partial charge in [0, 0.05) is 35.5 Å². The first-order chi connectivity index (χ1) is 13.7. The third kappa shape index (κ3) is 3.22. The molecule has 5 rings (SSSR count). The fourth-order valence-corrected chi connectivity index (χ4v) is 4.36. The Morgan fingerprint density at radius 1 is 1.04 bits per heavy atom. The molecule has 3 atom stereocenters. The van der Waals surface area contributed by atoms with Gasteiger partial charge in [0.05, 0.1) is 11.4 Å². The summed E-state index contributed by atoms with van der Waals surface area (Å²) in [7, 11) is 0. The first kappa shape index (κ1) is 17.2. The van der Waals surface area contributed by atoms with Crippen LogP contribution in [0.5, 0.6) is 11.6 Å². The molecule has 7 heteroatoms. The molecule has 0 spiro atoms. The van der Waals surface area contributed by atoms with E-state index >= 15 is 0 Å². The van der Waals surface area contributed by atoms with Crippen LogP contribution in [0.15, 0.2) is 36.5 Å². The highest BCUT2D eigenvalue weighted by Gasteiger charge is 2.34. The molecule has 0 radical (unpaired) electrons. The van der Waals surface area contributed by atoms with Gasteiger partial charge < -0.3 is 15.2 Å². The summed E-state index contributed by atoms with van der Waals surface area (Å²) in [5.74, 6) is 0.705. The third-order valence-corrected chi connectivity index (χ3v) is 5.77. The molecular weight excluding hydrogens is 354 g/mol. The maximum atomic E-state index is 10.5. The van der Waals surface area contributed by atoms with Crippen molar-refractivity contribution in [2.45, 2.75) is 50.8 Å². The molecule has 1 aromatic carbocycles. The number of piperidine rings is 1. The van der Waals surface area contributed by atoms with Gasteiger partial charge in [-0.1, -0.05) is 6.07 Å². The van der Waals surface area contributed by atoms with E-state index in [1.54, 1.807) is 6.07 Å². The SMILES string of the molecule is Cc1n[nH]cc1-c1ccc(-c2ccc(O[C@@H]3C[C@H]4CC[C@@H](C3)N4)nn2)c(O)c1. The van der Waals surface area contributed by atoms with Gasteiger partial charge in [0.25, 0.3) is 0 Å². The summed E-state index contributed by atoms with van der Waals surface area (Å²) < 4.78 is 6.05. The Hall–Kier alpha value is -2.93. The number of phenols is 1. The molecule has 0 aliphatic carbocycles. The highest BCUT2D eigenvalue weighted by atomic mass is 16.5. The molecule has 4 heterocycles. The number of ether oxygens (including phenoxy) is 1. The van der Waals surface area contributed by atoms with Crippen LogP contribution in [0.25, 0.3) is 22.4 Å². The minimum Gasteiger partial charge on any atom is -0.507 e. The predicted molar refractivity (Wildman–Crippen MR) is 105 cm³/mol. The highest BCUT2D eigenvalue weighted by molar-refractivity contribution is 5.74. The lowest BCUT2D eigenvalue weighted by Gasteiger charge is -2.28. The summed E-state index contributed by atoms with van der Waals surface area (Å²) in [4.78, 5) is 0. The van der Waals surface area contributed by atoms with Crippen LogP contribution in [0.3, 0.4) is 0 Å². The van der Waals surface area contributed by atoms with E-state index in [9.17, 15) is 5.11 Å². The molecule has 0 saturated carbocycles. The second kappa shape index (κ2) is 6.91. The van der Waals surface area contributed by atoms with Gasteiger partial charge in [0.1, 0.15) is 11.9 Å². The average molecular weight is 377 g/mol. The molecule has 144 valence electrons. The van der Waals surface area contributed by atoms with Crippen molar-refractivity contribution in [3.05, 3.63) is 42.2 Å². The monoisotopic (exact) mass is 377 g/mol. The van der Waals surface area contributed by atoms with Crippen molar-refractivity contribution in [1.29, 1.82) is 0 Å². The Bertz CT molecular complexity index is 973. The number of aryl methyl sites for hydroxylation is 1. The van der Waals surface area contributed by atoms with Gasteiger partial charge in [0.15, 0.2) is 0 Å². The van der Waals surface area contributed by atoms with E-state index in [2.05, 4.69) is 25.7 Å². The molecule has 2 saturated heterocycles. The molecule has 2 aromatic heterocycles. The Morgan fingerprint density at radius 3 is 2.50 bits per heavy atom. The molecule has 0 unspecified atom stereocenters. The average Bonchev–Trinajstić information content (AvgIpc) is 3.27. The zero-order valence-corrected chi connectivity index (χ0v) is 15.7. The van der Waals surface area contributed by atoms with Crippen molar-refractivity contribution in [2.24, 2.45) is 0 Å². The predicted octanol–water partition coefficient (Wildman–Crippen LogP) is 3.21. The van der Waals surface area contributed by atoms with Crippen molar-refractivity contribution in [3.63, 3.8) is 0 Å². The van der Waals surface area contributed by atoms with Gasteiger partial charge in [0.2, 0.25) is 5.88 Å². The molecule has 0 amide bonds. The summed E-state index contributed by atoms with van der Waals surface area (Å²) in [5, 5.41) is 29.6. The fourth-order valence-electron chi connectivity index (χ4n) is 4.36. The number of hydrogen-bond donors (Lipinski definition) is 3. The van der Waals surface area contributed by atoms with Gasteiger partial charge in [-0.3, -0.25) is 5.10 Å². The minimum atomic E-state index is 0.163. The van der Waals surface area contributed by atoms with Crippen molar-refractivity contribution in [2.75, 3.05) is 0 Å². The third-order valence-electron chi connectivity index (χ3n) is 5.77. The van der Waals surface area contributed by atoms with Crippen LogP contribution in [0.2, 0.25) is 0 Å². The number of fused-ring (bicyclic) bond motifs is 2. The quantitative estimate of drug-likeness (QED) is 0.646. The zero-order chi connectivity index (χ0) is 19.1. The van der Waals surface area contributed by atoms with Crippen molar-refractivity contribution < 1.29 is 9.84 Å². The summed E-state index contributed by atoms with van der Waals surface area (Å²) in [5.41, 5.74) is 4.02. The number of nitrogens with zero attached hydrogens (tertiary/aromatic N) is 3. The van der Waals surface area contributed by atoms with E-state index in [4.69, 9.17) is 4.74 Å². The van der Waals surface area contributed by atoms with Gasteiger partial charge in [-0.2, -0.15) is 5.10 Å². The number of aromatic nitrogens is 4. The highest BCUT2D eigenvalue weighted by Crippen LogP contribution is 2.34.